The highest BCUT2D eigenvalue weighted by Gasteiger charge is 2.11. The number of H-pyrrole nitrogens is 1. The molecule has 0 spiro atoms. The fraction of sp³-hybridized carbons (Fsp3) is 0.0526. The Morgan fingerprint density at radius 2 is 1.70 bits per heavy atom. The third-order valence-electron chi connectivity index (χ3n) is 4.37. The van der Waals surface area contributed by atoms with Gasteiger partial charge in [0.2, 0.25) is 5.82 Å². The molecule has 0 atom stereocenters. The van der Waals surface area contributed by atoms with Gasteiger partial charge in [0.25, 0.3) is 0 Å². The smallest absolute Gasteiger partial charge is 0.205 e. The second-order valence-electron chi connectivity index (χ2n) is 6.11. The average molecular weight is 354 g/mol. The molecule has 2 aromatic carbocycles. The molecule has 3 aromatic rings. The SMILES string of the molecule is c1ccc(-c2nn[nH]n2)c(-c2ccc(Cn3cnc4ncnc-4c3)cc2)c1. The zero-order valence-corrected chi connectivity index (χ0v) is 14.2. The van der Waals surface area contributed by atoms with Crippen LogP contribution in [0.4, 0.5) is 0 Å². The Balaban J connectivity index is 1.44. The Morgan fingerprint density at radius 1 is 0.852 bits per heavy atom. The van der Waals surface area contributed by atoms with Crippen LogP contribution in [0.5, 0.6) is 0 Å². The highest BCUT2D eigenvalue weighted by Crippen LogP contribution is 2.29. The number of hydrogen-bond acceptors (Lipinski definition) is 6. The van der Waals surface area contributed by atoms with E-state index in [0.29, 0.717) is 18.2 Å². The zero-order valence-electron chi connectivity index (χ0n) is 14.2. The number of tetrazole rings is 1. The van der Waals surface area contributed by atoms with Gasteiger partial charge in [-0.05, 0) is 21.9 Å². The molecule has 0 unspecified atom stereocenters. The topological polar surface area (TPSA) is 98.1 Å². The molecule has 0 bridgehead atoms. The molecule has 0 saturated carbocycles. The summed E-state index contributed by atoms with van der Waals surface area (Å²) in [5, 5.41) is 14.4. The lowest BCUT2D eigenvalue weighted by Crippen LogP contribution is -2.03. The van der Waals surface area contributed by atoms with Gasteiger partial charge in [0.1, 0.15) is 12.0 Å². The van der Waals surface area contributed by atoms with Crippen LogP contribution in [0.15, 0.2) is 67.4 Å². The third kappa shape index (κ3) is 2.93. The zero-order chi connectivity index (χ0) is 18.1. The van der Waals surface area contributed by atoms with Crippen LogP contribution in [0, 0.1) is 0 Å². The van der Waals surface area contributed by atoms with Crippen molar-refractivity contribution in [2.24, 2.45) is 0 Å². The molecular formula is C19H14N8. The molecule has 1 aromatic heterocycles. The highest BCUT2D eigenvalue weighted by atomic mass is 15.5. The van der Waals surface area contributed by atoms with E-state index in [1.807, 2.05) is 29.0 Å². The van der Waals surface area contributed by atoms with Crippen LogP contribution in [-0.2, 0) is 6.54 Å². The van der Waals surface area contributed by atoms with Crippen molar-refractivity contribution in [1.82, 2.24) is 40.1 Å². The number of nitrogens with zero attached hydrogens (tertiary/aromatic N) is 7. The van der Waals surface area contributed by atoms with Crippen LogP contribution >= 0.6 is 0 Å². The highest BCUT2D eigenvalue weighted by molar-refractivity contribution is 5.80. The van der Waals surface area contributed by atoms with Crippen molar-refractivity contribution < 1.29 is 0 Å². The summed E-state index contributed by atoms with van der Waals surface area (Å²) < 4.78 is 2.00. The number of nitrogens with one attached hydrogen (secondary N) is 1. The third-order valence-corrected chi connectivity index (χ3v) is 4.37. The second kappa shape index (κ2) is 6.41. The maximum absolute atomic E-state index is 4.31. The molecule has 0 aliphatic carbocycles. The van der Waals surface area contributed by atoms with Crippen molar-refractivity contribution in [3.63, 3.8) is 0 Å². The predicted molar refractivity (Wildman–Crippen MR) is 98.6 cm³/mol. The molecule has 0 saturated heterocycles. The van der Waals surface area contributed by atoms with E-state index in [-0.39, 0.29) is 0 Å². The van der Waals surface area contributed by atoms with Crippen LogP contribution < -0.4 is 0 Å². The molecule has 0 radical (unpaired) electrons. The number of rotatable bonds is 4. The first-order valence-corrected chi connectivity index (χ1v) is 8.41. The summed E-state index contributed by atoms with van der Waals surface area (Å²) in [6, 6.07) is 16.4. The number of benzene rings is 2. The number of imidazole rings is 1. The normalized spacial score (nSPS) is 11.1. The molecule has 0 fully saturated rings. The Hall–Kier alpha value is -3.94. The van der Waals surface area contributed by atoms with Gasteiger partial charge in [0.05, 0.1) is 6.33 Å². The summed E-state index contributed by atoms with van der Waals surface area (Å²) in [5.74, 6) is 1.25. The molecular weight excluding hydrogens is 340 g/mol. The summed E-state index contributed by atoms with van der Waals surface area (Å²) in [5.41, 5.74) is 5.07. The van der Waals surface area contributed by atoms with Crippen LogP contribution in [0.3, 0.4) is 0 Å². The van der Waals surface area contributed by atoms with Gasteiger partial charge in [-0.2, -0.15) is 5.21 Å². The first-order chi connectivity index (χ1) is 13.4. The Kier molecular flexibility index (Phi) is 3.64. The number of hydrogen-bond donors (Lipinski definition) is 1. The summed E-state index contributed by atoms with van der Waals surface area (Å²) in [6.07, 6.45) is 5.25. The van der Waals surface area contributed by atoms with E-state index in [1.54, 1.807) is 6.33 Å². The van der Waals surface area contributed by atoms with Gasteiger partial charge in [0.15, 0.2) is 5.82 Å². The standard InChI is InChI=1S/C19H14N8/c1-2-4-16(18-23-25-26-24-18)15(3-1)14-7-5-13(6-8-14)9-27-10-17-19(22-12-27)21-11-20-17/h1-8,10-12H,9H2,(H,23,24,25,26). The van der Waals surface area contributed by atoms with E-state index >= 15 is 0 Å². The Morgan fingerprint density at radius 3 is 2.52 bits per heavy atom. The minimum Gasteiger partial charge on any atom is -0.332 e. The maximum Gasteiger partial charge on any atom is 0.205 e. The quantitative estimate of drug-likeness (QED) is 0.533. The first-order valence-electron chi connectivity index (χ1n) is 8.41. The molecule has 5 rings (SSSR count). The summed E-state index contributed by atoms with van der Waals surface area (Å²) in [6.45, 7) is 0.711. The van der Waals surface area contributed by atoms with Crippen LogP contribution in [0.25, 0.3) is 34.0 Å². The van der Waals surface area contributed by atoms with Crippen molar-refractivity contribution >= 4 is 0 Å². The summed E-state index contributed by atoms with van der Waals surface area (Å²) >= 11 is 0. The predicted octanol–water partition coefficient (Wildman–Crippen LogP) is 2.67. The van der Waals surface area contributed by atoms with Crippen molar-refractivity contribution in [1.29, 1.82) is 0 Å². The average Bonchev–Trinajstić information content (AvgIpc) is 3.40. The van der Waals surface area contributed by atoms with Gasteiger partial charge < -0.3 is 4.57 Å². The molecule has 2 aliphatic rings. The number of fused-ring (bicyclic) bond motifs is 1. The Bertz CT molecular complexity index is 1140. The molecule has 130 valence electrons. The fourth-order valence-electron chi connectivity index (χ4n) is 3.07. The van der Waals surface area contributed by atoms with Crippen molar-refractivity contribution in [3.05, 3.63) is 72.9 Å². The van der Waals surface area contributed by atoms with E-state index in [4.69, 9.17) is 0 Å². The van der Waals surface area contributed by atoms with E-state index in [0.717, 1.165) is 22.4 Å². The largest absolute Gasteiger partial charge is 0.332 e. The molecule has 2 aliphatic heterocycles. The summed E-state index contributed by atoms with van der Waals surface area (Å²) in [7, 11) is 0. The number of aromatic amines is 1. The van der Waals surface area contributed by atoms with Gasteiger partial charge >= 0.3 is 0 Å². The van der Waals surface area contributed by atoms with Crippen molar-refractivity contribution in [2.45, 2.75) is 6.54 Å². The van der Waals surface area contributed by atoms with Gasteiger partial charge in [-0.15, -0.1) is 10.2 Å². The molecule has 8 nitrogen and oxygen atoms in total. The maximum atomic E-state index is 4.31. The van der Waals surface area contributed by atoms with Gasteiger partial charge in [-0.3, -0.25) is 0 Å². The van der Waals surface area contributed by atoms with Crippen LogP contribution in [0.1, 0.15) is 5.56 Å². The minimum absolute atomic E-state index is 0.584. The lowest BCUT2D eigenvalue weighted by Gasteiger charge is -2.10. The number of aromatic nitrogens is 8. The monoisotopic (exact) mass is 354 g/mol. The fourth-order valence-corrected chi connectivity index (χ4v) is 3.07. The van der Waals surface area contributed by atoms with Crippen LogP contribution in [-0.4, -0.2) is 40.1 Å². The molecule has 8 heteroatoms. The van der Waals surface area contributed by atoms with E-state index < -0.39 is 0 Å². The molecule has 1 N–H and O–H groups in total. The lowest BCUT2D eigenvalue weighted by atomic mass is 9.98. The van der Waals surface area contributed by atoms with Crippen LogP contribution in [0.2, 0.25) is 0 Å². The summed E-state index contributed by atoms with van der Waals surface area (Å²) in [4.78, 5) is 12.6. The lowest BCUT2D eigenvalue weighted by molar-refractivity contribution is 0.764. The molecule has 3 heterocycles. The second-order valence-corrected chi connectivity index (χ2v) is 6.11. The van der Waals surface area contributed by atoms with E-state index in [9.17, 15) is 0 Å². The van der Waals surface area contributed by atoms with Crippen molar-refractivity contribution in [3.8, 4) is 34.0 Å². The van der Waals surface area contributed by atoms with Gasteiger partial charge in [-0.25, -0.2) is 15.0 Å². The molecule has 27 heavy (non-hydrogen) atoms. The van der Waals surface area contributed by atoms with Gasteiger partial charge in [-0.1, -0.05) is 48.5 Å². The van der Waals surface area contributed by atoms with E-state index in [1.165, 1.54) is 11.9 Å². The van der Waals surface area contributed by atoms with Gasteiger partial charge in [0, 0.05) is 18.3 Å². The van der Waals surface area contributed by atoms with E-state index in [2.05, 4.69) is 65.9 Å². The minimum atomic E-state index is 0.584. The Labute approximate surface area is 154 Å². The molecule has 0 amide bonds. The first kappa shape index (κ1) is 15.3. The van der Waals surface area contributed by atoms with Crippen molar-refractivity contribution in [2.75, 3.05) is 0 Å².